The molecular formula is C27H27F4N3O4. The average molecular weight is 534 g/mol. The maximum absolute atomic E-state index is 13.1. The normalized spacial score (nSPS) is 16.2. The van der Waals surface area contributed by atoms with Crippen LogP contribution in [0.4, 0.5) is 17.6 Å². The van der Waals surface area contributed by atoms with Crippen LogP contribution in [0.1, 0.15) is 47.2 Å². The second kappa shape index (κ2) is 11.8. The Balaban J connectivity index is 1.34. The molecule has 1 aliphatic carbocycles. The number of hydrogen-bond acceptors (Lipinski definition) is 4. The third kappa shape index (κ3) is 7.18. The van der Waals surface area contributed by atoms with E-state index in [9.17, 15) is 31.9 Å². The summed E-state index contributed by atoms with van der Waals surface area (Å²) in [4.78, 5) is 39.9. The van der Waals surface area contributed by atoms with E-state index in [0.717, 1.165) is 41.1 Å². The molecule has 4 rings (SSSR count). The quantitative estimate of drug-likeness (QED) is 0.479. The zero-order valence-electron chi connectivity index (χ0n) is 20.4. The van der Waals surface area contributed by atoms with Gasteiger partial charge in [0.1, 0.15) is 11.9 Å². The molecule has 1 fully saturated rings. The highest BCUT2D eigenvalue weighted by atomic mass is 19.4. The van der Waals surface area contributed by atoms with Crippen LogP contribution in [0, 0.1) is 5.82 Å². The Bertz CT molecular complexity index is 1200. The van der Waals surface area contributed by atoms with Crippen molar-refractivity contribution in [1.29, 1.82) is 0 Å². The summed E-state index contributed by atoms with van der Waals surface area (Å²) in [5.41, 5.74) is 1.64. The van der Waals surface area contributed by atoms with E-state index < -0.39 is 23.7 Å². The molecule has 1 heterocycles. The van der Waals surface area contributed by atoms with E-state index in [-0.39, 0.29) is 36.0 Å². The van der Waals surface area contributed by atoms with Gasteiger partial charge < -0.3 is 20.3 Å². The lowest BCUT2D eigenvalue weighted by molar-refractivity contribution is -0.138. The Morgan fingerprint density at radius 3 is 2.26 bits per heavy atom. The lowest BCUT2D eigenvalue weighted by Crippen LogP contribution is -2.51. The molecule has 2 N–H and O–H groups in total. The SMILES string of the molecule is O=C(CCC[C@H](NC(=O)c1ccc(C(F)(F)F)cc1)C(=O)N1CCOCC1)NC1=C(c2ccc(F)cc2)C1. The number of carbonyl (C=O) groups is 3. The van der Waals surface area contributed by atoms with Crippen molar-refractivity contribution >= 4 is 23.3 Å². The zero-order valence-corrected chi connectivity index (χ0v) is 20.4. The number of ether oxygens (including phenoxy) is 1. The lowest BCUT2D eigenvalue weighted by Gasteiger charge is -2.30. The van der Waals surface area contributed by atoms with Crippen LogP contribution in [0.25, 0.3) is 5.57 Å². The van der Waals surface area contributed by atoms with E-state index in [4.69, 9.17) is 4.74 Å². The fourth-order valence-corrected chi connectivity index (χ4v) is 4.19. The molecule has 0 bridgehead atoms. The van der Waals surface area contributed by atoms with Gasteiger partial charge in [-0.25, -0.2) is 4.39 Å². The molecule has 0 unspecified atom stereocenters. The van der Waals surface area contributed by atoms with Gasteiger partial charge in [-0.15, -0.1) is 0 Å². The summed E-state index contributed by atoms with van der Waals surface area (Å²) in [5.74, 6) is -1.60. The number of alkyl halides is 3. The number of allylic oxidation sites excluding steroid dienone is 2. The summed E-state index contributed by atoms with van der Waals surface area (Å²) in [6, 6.07) is 8.78. The Kier molecular flexibility index (Phi) is 8.45. The molecule has 2 aliphatic rings. The van der Waals surface area contributed by atoms with Crippen molar-refractivity contribution in [3.05, 3.63) is 76.7 Å². The van der Waals surface area contributed by atoms with E-state index in [1.165, 1.54) is 12.1 Å². The van der Waals surface area contributed by atoms with Crippen molar-refractivity contribution < 1.29 is 36.7 Å². The molecule has 0 spiro atoms. The molecule has 7 nitrogen and oxygen atoms in total. The minimum absolute atomic E-state index is 0.00971. The van der Waals surface area contributed by atoms with Crippen LogP contribution in [-0.4, -0.2) is 55.0 Å². The van der Waals surface area contributed by atoms with Crippen LogP contribution in [0.15, 0.2) is 54.2 Å². The van der Waals surface area contributed by atoms with Crippen LogP contribution in [0.2, 0.25) is 0 Å². The largest absolute Gasteiger partial charge is 0.416 e. The molecule has 2 aromatic rings. The zero-order chi connectivity index (χ0) is 27.3. The van der Waals surface area contributed by atoms with Crippen molar-refractivity contribution in [3.8, 4) is 0 Å². The number of rotatable bonds is 9. The van der Waals surface area contributed by atoms with Crippen LogP contribution in [-0.2, 0) is 20.5 Å². The second-order valence-corrected chi connectivity index (χ2v) is 9.12. The van der Waals surface area contributed by atoms with E-state index >= 15 is 0 Å². The number of nitrogens with zero attached hydrogens (tertiary/aromatic N) is 1. The number of morpholine rings is 1. The first-order valence-corrected chi connectivity index (χ1v) is 12.2. The molecule has 0 saturated carbocycles. The van der Waals surface area contributed by atoms with Gasteiger partial charge in [0.05, 0.1) is 18.8 Å². The van der Waals surface area contributed by atoms with Gasteiger partial charge in [0.25, 0.3) is 5.91 Å². The minimum Gasteiger partial charge on any atom is -0.378 e. The smallest absolute Gasteiger partial charge is 0.378 e. The Morgan fingerprint density at radius 2 is 1.63 bits per heavy atom. The number of benzene rings is 2. The highest BCUT2D eigenvalue weighted by molar-refractivity contribution is 5.97. The second-order valence-electron chi connectivity index (χ2n) is 9.12. The predicted octanol–water partition coefficient (Wildman–Crippen LogP) is 3.90. The first-order chi connectivity index (χ1) is 18.1. The van der Waals surface area contributed by atoms with Gasteiger partial charge in [0.15, 0.2) is 0 Å². The molecule has 202 valence electrons. The summed E-state index contributed by atoms with van der Waals surface area (Å²) in [5, 5.41) is 5.45. The van der Waals surface area contributed by atoms with Crippen molar-refractivity contribution in [2.45, 2.75) is 37.9 Å². The summed E-state index contributed by atoms with van der Waals surface area (Å²) in [6.07, 6.45) is -3.37. The maximum atomic E-state index is 13.1. The highest BCUT2D eigenvalue weighted by Crippen LogP contribution is 2.38. The third-order valence-electron chi connectivity index (χ3n) is 6.37. The molecule has 1 aliphatic heterocycles. The summed E-state index contributed by atoms with van der Waals surface area (Å²) < 4.78 is 56.9. The molecule has 3 amide bonds. The molecule has 1 saturated heterocycles. The summed E-state index contributed by atoms with van der Waals surface area (Å²) in [6.45, 7) is 1.43. The van der Waals surface area contributed by atoms with Gasteiger partial charge >= 0.3 is 6.18 Å². The van der Waals surface area contributed by atoms with Gasteiger partial charge in [-0.05, 0) is 60.4 Å². The minimum atomic E-state index is -4.53. The van der Waals surface area contributed by atoms with E-state index in [1.54, 1.807) is 17.0 Å². The van der Waals surface area contributed by atoms with Gasteiger partial charge in [0.2, 0.25) is 11.8 Å². The molecular weight excluding hydrogens is 506 g/mol. The van der Waals surface area contributed by atoms with Crippen LogP contribution >= 0.6 is 0 Å². The van der Waals surface area contributed by atoms with E-state index in [1.807, 2.05) is 0 Å². The third-order valence-corrected chi connectivity index (χ3v) is 6.37. The fraction of sp³-hybridized carbons (Fsp3) is 0.370. The topological polar surface area (TPSA) is 87.7 Å². The number of nitrogens with one attached hydrogen (secondary N) is 2. The maximum Gasteiger partial charge on any atom is 0.416 e. The van der Waals surface area contributed by atoms with Crippen molar-refractivity contribution in [3.63, 3.8) is 0 Å². The Hall–Kier alpha value is -3.73. The molecule has 38 heavy (non-hydrogen) atoms. The first-order valence-electron chi connectivity index (χ1n) is 12.2. The predicted molar refractivity (Wildman–Crippen MR) is 130 cm³/mol. The van der Waals surface area contributed by atoms with Crippen molar-refractivity contribution in [1.82, 2.24) is 15.5 Å². The van der Waals surface area contributed by atoms with Crippen LogP contribution in [0.3, 0.4) is 0 Å². The number of carbonyl (C=O) groups excluding carboxylic acids is 3. The van der Waals surface area contributed by atoms with Gasteiger partial charge in [0, 0.05) is 37.2 Å². The van der Waals surface area contributed by atoms with Gasteiger partial charge in [-0.1, -0.05) is 12.1 Å². The van der Waals surface area contributed by atoms with Gasteiger partial charge in [-0.3, -0.25) is 14.4 Å². The monoisotopic (exact) mass is 533 g/mol. The molecule has 0 aromatic heterocycles. The van der Waals surface area contributed by atoms with E-state index in [2.05, 4.69) is 10.6 Å². The lowest BCUT2D eigenvalue weighted by atomic mass is 10.1. The van der Waals surface area contributed by atoms with Crippen LogP contribution in [0.5, 0.6) is 0 Å². The summed E-state index contributed by atoms with van der Waals surface area (Å²) >= 11 is 0. The first kappa shape index (κ1) is 27.3. The number of halogens is 4. The molecule has 1 atom stereocenters. The highest BCUT2D eigenvalue weighted by Gasteiger charge is 2.31. The molecule has 2 aromatic carbocycles. The standard InChI is InChI=1S/C27H27F4N3O4/c28-20-10-6-17(7-11-20)21-16-23(21)32-24(35)3-1-2-22(26(37)34-12-14-38-15-13-34)33-25(36)18-4-8-19(9-5-18)27(29,30)31/h4-11,22H,1-3,12-16H2,(H,32,35)(H,33,36)/t22-/m0/s1. The van der Waals surface area contributed by atoms with Crippen molar-refractivity contribution in [2.75, 3.05) is 26.3 Å². The average Bonchev–Trinajstić information content (AvgIpc) is 3.66. The molecule has 11 heteroatoms. The van der Waals surface area contributed by atoms with Crippen LogP contribution < -0.4 is 10.6 Å². The number of amides is 3. The molecule has 0 radical (unpaired) electrons. The fourth-order valence-electron chi connectivity index (χ4n) is 4.19. The number of hydrogen-bond donors (Lipinski definition) is 2. The summed E-state index contributed by atoms with van der Waals surface area (Å²) in [7, 11) is 0. The Morgan fingerprint density at radius 1 is 0.974 bits per heavy atom. The van der Waals surface area contributed by atoms with Crippen molar-refractivity contribution in [2.24, 2.45) is 0 Å². The Labute approximate surface area is 216 Å². The van der Waals surface area contributed by atoms with E-state index in [0.29, 0.717) is 39.1 Å². The van der Waals surface area contributed by atoms with Gasteiger partial charge in [-0.2, -0.15) is 13.2 Å².